The average molecular weight is 377 g/mol. The van der Waals surface area contributed by atoms with E-state index >= 15 is 0 Å². The second kappa shape index (κ2) is 6.96. The second-order valence-corrected chi connectivity index (χ2v) is 7.29. The molecule has 4 rings (SSSR count). The lowest BCUT2D eigenvalue weighted by atomic mass is 10.1. The summed E-state index contributed by atoms with van der Waals surface area (Å²) in [5, 5.41) is 1.01. The largest absolute Gasteiger partial charge is 0.494 e. The van der Waals surface area contributed by atoms with Crippen LogP contribution in [0, 0.1) is 6.92 Å². The maximum atomic E-state index is 12.7. The molecule has 0 bridgehead atoms. The molecule has 0 spiro atoms. The standard InChI is InChI=1S/C21H19N3O2S/c1-4-26-16-9-10-18-19(12-16)27-21(24(18)3)23-20(25)15-8-7-14-6-5-13(2)22-17(14)11-15/h5-12H,4H2,1-3H3. The van der Waals surface area contributed by atoms with Crippen molar-refractivity contribution in [1.29, 1.82) is 0 Å². The van der Waals surface area contributed by atoms with Gasteiger partial charge in [-0.15, -0.1) is 0 Å². The molecule has 2 aromatic heterocycles. The van der Waals surface area contributed by atoms with Crippen LogP contribution in [0.3, 0.4) is 0 Å². The van der Waals surface area contributed by atoms with E-state index in [9.17, 15) is 4.79 Å². The van der Waals surface area contributed by atoms with Crippen LogP contribution in [-0.2, 0) is 7.05 Å². The van der Waals surface area contributed by atoms with Gasteiger partial charge in [-0.25, -0.2) is 0 Å². The minimum absolute atomic E-state index is 0.271. The van der Waals surface area contributed by atoms with E-state index in [1.54, 1.807) is 12.1 Å². The van der Waals surface area contributed by atoms with E-state index in [1.807, 2.05) is 61.9 Å². The van der Waals surface area contributed by atoms with E-state index < -0.39 is 0 Å². The van der Waals surface area contributed by atoms with Crippen molar-refractivity contribution in [2.75, 3.05) is 6.61 Å². The Morgan fingerprint density at radius 1 is 1.19 bits per heavy atom. The fourth-order valence-corrected chi connectivity index (χ4v) is 4.03. The SMILES string of the molecule is CCOc1ccc2c(c1)sc(=NC(=O)c1ccc3ccc(C)nc3c1)n2C. The van der Waals surface area contributed by atoms with Gasteiger partial charge in [0.2, 0.25) is 0 Å². The van der Waals surface area contributed by atoms with Gasteiger partial charge in [0, 0.05) is 23.7 Å². The van der Waals surface area contributed by atoms with Gasteiger partial charge in [-0.2, -0.15) is 4.99 Å². The molecule has 4 aromatic rings. The summed E-state index contributed by atoms with van der Waals surface area (Å²) < 4.78 is 8.52. The van der Waals surface area contributed by atoms with Gasteiger partial charge >= 0.3 is 0 Å². The highest BCUT2D eigenvalue weighted by atomic mass is 32.1. The Morgan fingerprint density at radius 3 is 2.81 bits per heavy atom. The number of aryl methyl sites for hydroxylation is 2. The molecule has 0 saturated heterocycles. The van der Waals surface area contributed by atoms with Crippen LogP contribution in [0.5, 0.6) is 5.75 Å². The van der Waals surface area contributed by atoms with Gasteiger partial charge in [0.15, 0.2) is 4.80 Å². The van der Waals surface area contributed by atoms with Gasteiger partial charge in [0.05, 0.1) is 22.3 Å². The molecule has 5 nitrogen and oxygen atoms in total. The monoisotopic (exact) mass is 377 g/mol. The van der Waals surface area contributed by atoms with E-state index in [0.29, 0.717) is 17.0 Å². The van der Waals surface area contributed by atoms with Crippen LogP contribution in [0.15, 0.2) is 53.5 Å². The third-order valence-corrected chi connectivity index (χ3v) is 5.46. The first-order valence-corrected chi connectivity index (χ1v) is 9.55. The van der Waals surface area contributed by atoms with Crippen molar-refractivity contribution in [3.63, 3.8) is 0 Å². The van der Waals surface area contributed by atoms with Gasteiger partial charge in [-0.1, -0.05) is 23.5 Å². The van der Waals surface area contributed by atoms with E-state index in [1.165, 1.54) is 11.3 Å². The number of carbonyl (C=O) groups is 1. The summed E-state index contributed by atoms with van der Waals surface area (Å²) in [5.74, 6) is 0.549. The average Bonchev–Trinajstić information content (AvgIpc) is 2.96. The normalized spacial score (nSPS) is 12.0. The first-order chi connectivity index (χ1) is 13.0. The lowest BCUT2D eigenvalue weighted by Crippen LogP contribution is -2.13. The summed E-state index contributed by atoms with van der Waals surface area (Å²) in [6.07, 6.45) is 0. The highest BCUT2D eigenvalue weighted by Crippen LogP contribution is 2.23. The van der Waals surface area contributed by atoms with Crippen molar-refractivity contribution >= 4 is 38.4 Å². The Bertz CT molecular complexity index is 1240. The predicted molar refractivity (Wildman–Crippen MR) is 108 cm³/mol. The smallest absolute Gasteiger partial charge is 0.279 e. The number of fused-ring (bicyclic) bond motifs is 2. The van der Waals surface area contributed by atoms with Crippen LogP contribution in [0.2, 0.25) is 0 Å². The Hall–Kier alpha value is -2.99. The minimum Gasteiger partial charge on any atom is -0.494 e. The summed E-state index contributed by atoms with van der Waals surface area (Å²) in [6.45, 7) is 4.51. The van der Waals surface area contributed by atoms with E-state index in [2.05, 4.69) is 9.98 Å². The van der Waals surface area contributed by atoms with Crippen LogP contribution >= 0.6 is 11.3 Å². The molecule has 0 fully saturated rings. The van der Waals surface area contributed by atoms with Gasteiger partial charge in [-0.3, -0.25) is 9.78 Å². The molecule has 0 atom stereocenters. The first-order valence-electron chi connectivity index (χ1n) is 8.74. The number of benzene rings is 2. The van der Waals surface area contributed by atoms with Gasteiger partial charge < -0.3 is 9.30 Å². The molecule has 0 saturated carbocycles. The number of nitrogens with zero attached hydrogens (tertiary/aromatic N) is 3. The van der Waals surface area contributed by atoms with Crippen LogP contribution in [0.25, 0.3) is 21.1 Å². The maximum absolute atomic E-state index is 12.7. The molecule has 0 unspecified atom stereocenters. The molecule has 2 heterocycles. The molecule has 0 radical (unpaired) electrons. The van der Waals surface area contributed by atoms with Gasteiger partial charge in [0.25, 0.3) is 5.91 Å². The zero-order valence-corrected chi connectivity index (χ0v) is 16.2. The number of amides is 1. The quantitative estimate of drug-likeness (QED) is 0.537. The number of pyridine rings is 1. The minimum atomic E-state index is -0.271. The molecule has 0 N–H and O–H groups in total. The predicted octanol–water partition coefficient (Wildman–Crippen LogP) is 4.24. The van der Waals surface area contributed by atoms with Crippen molar-refractivity contribution in [1.82, 2.24) is 9.55 Å². The third kappa shape index (κ3) is 3.36. The van der Waals surface area contributed by atoms with E-state index in [-0.39, 0.29) is 5.91 Å². The van der Waals surface area contributed by atoms with Crippen LogP contribution in [-0.4, -0.2) is 22.1 Å². The Morgan fingerprint density at radius 2 is 2.00 bits per heavy atom. The number of hydrogen-bond acceptors (Lipinski definition) is 4. The topological polar surface area (TPSA) is 56.5 Å². The Kier molecular flexibility index (Phi) is 4.49. The van der Waals surface area contributed by atoms with E-state index in [4.69, 9.17) is 4.74 Å². The van der Waals surface area contributed by atoms with Crippen molar-refractivity contribution in [3.05, 3.63) is 64.6 Å². The Balaban J connectivity index is 1.76. The van der Waals surface area contributed by atoms with Crippen LogP contribution in [0.4, 0.5) is 0 Å². The Labute approximate surface area is 160 Å². The zero-order valence-electron chi connectivity index (χ0n) is 15.4. The lowest BCUT2D eigenvalue weighted by molar-refractivity contribution is 0.0998. The number of hydrogen-bond donors (Lipinski definition) is 0. The molecule has 0 aliphatic rings. The molecule has 27 heavy (non-hydrogen) atoms. The highest BCUT2D eigenvalue weighted by molar-refractivity contribution is 7.16. The molecule has 6 heteroatoms. The van der Waals surface area contributed by atoms with Gasteiger partial charge in [-0.05, 0) is 50.2 Å². The van der Waals surface area contributed by atoms with Crippen molar-refractivity contribution < 1.29 is 9.53 Å². The molecule has 0 aliphatic heterocycles. The number of rotatable bonds is 3. The van der Waals surface area contributed by atoms with Crippen LogP contribution in [0.1, 0.15) is 23.0 Å². The van der Waals surface area contributed by atoms with Crippen molar-refractivity contribution in [2.45, 2.75) is 13.8 Å². The molecule has 0 aliphatic carbocycles. The second-order valence-electron chi connectivity index (χ2n) is 6.28. The molecule has 1 amide bonds. The first kappa shape index (κ1) is 17.4. The zero-order chi connectivity index (χ0) is 19.0. The summed E-state index contributed by atoms with van der Waals surface area (Å²) in [5.41, 5.74) is 3.28. The molecule has 2 aromatic carbocycles. The van der Waals surface area contributed by atoms with Gasteiger partial charge in [0.1, 0.15) is 5.75 Å². The van der Waals surface area contributed by atoms with Crippen molar-refractivity contribution in [3.8, 4) is 5.75 Å². The van der Waals surface area contributed by atoms with E-state index in [0.717, 1.165) is 32.6 Å². The lowest BCUT2D eigenvalue weighted by Gasteiger charge is -2.02. The number of thiazole rings is 1. The molecule has 136 valence electrons. The molecular formula is C21H19N3O2S. The van der Waals surface area contributed by atoms with Crippen molar-refractivity contribution in [2.24, 2.45) is 12.0 Å². The maximum Gasteiger partial charge on any atom is 0.279 e. The summed E-state index contributed by atoms with van der Waals surface area (Å²) in [6, 6.07) is 15.4. The number of aromatic nitrogens is 2. The fourth-order valence-electron chi connectivity index (χ4n) is 2.98. The summed E-state index contributed by atoms with van der Waals surface area (Å²) in [7, 11) is 1.91. The fraction of sp³-hybridized carbons (Fsp3) is 0.190. The summed E-state index contributed by atoms with van der Waals surface area (Å²) in [4.78, 5) is 22.2. The molecular weight excluding hydrogens is 358 g/mol. The number of ether oxygens (including phenoxy) is 1. The third-order valence-electron chi connectivity index (χ3n) is 4.37. The van der Waals surface area contributed by atoms with Crippen LogP contribution < -0.4 is 9.54 Å². The number of carbonyl (C=O) groups excluding carboxylic acids is 1. The highest BCUT2D eigenvalue weighted by Gasteiger charge is 2.09. The summed E-state index contributed by atoms with van der Waals surface area (Å²) >= 11 is 1.47.